The van der Waals surface area contributed by atoms with Crippen molar-refractivity contribution in [2.45, 2.75) is 18.4 Å². The number of hydrogen-bond donors (Lipinski definition) is 1. The van der Waals surface area contributed by atoms with Crippen LogP contribution < -0.4 is 5.32 Å². The molecule has 2 aliphatic rings. The van der Waals surface area contributed by atoms with E-state index in [2.05, 4.69) is 22.5 Å². The number of aromatic nitrogens is 1. The van der Waals surface area contributed by atoms with E-state index in [1.807, 2.05) is 0 Å². The molecular weight excluding hydrogens is 270 g/mol. The van der Waals surface area contributed by atoms with Crippen LogP contribution in [0.25, 0.3) is 0 Å². The number of allylic oxidation sites excluding steroid dienone is 2. The van der Waals surface area contributed by atoms with Gasteiger partial charge in [0, 0.05) is 17.8 Å². The molecule has 3 atom stereocenters. The molecule has 0 spiro atoms. The van der Waals surface area contributed by atoms with E-state index in [4.69, 9.17) is 0 Å². The van der Waals surface area contributed by atoms with E-state index >= 15 is 0 Å². The lowest BCUT2D eigenvalue weighted by atomic mass is 9.77. The normalized spacial score (nSPS) is 26.1. The molecule has 0 fully saturated rings. The monoisotopic (exact) mass is 284 g/mol. The van der Waals surface area contributed by atoms with Gasteiger partial charge in [-0.15, -0.1) is 0 Å². The molecule has 0 bridgehead atoms. The summed E-state index contributed by atoms with van der Waals surface area (Å²) in [5.41, 5.74) is 2.73. The number of anilines is 1. The van der Waals surface area contributed by atoms with Crippen molar-refractivity contribution in [1.29, 1.82) is 0 Å². The van der Waals surface area contributed by atoms with Gasteiger partial charge in [0.25, 0.3) is 0 Å². The SMILES string of the molecule is Fc1cncc(C2Nc3ccc(F)cc3C3C=CCC32)c1. The number of benzene rings is 1. The number of pyridine rings is 1. The first-order valence-electron chi connectivity index (χ1n) is 7.05. The Kier molecular flexibility index (Phi) is 2.77. The van der Waals surface area contributed by atoms with Crippen LogP contribution in [0, 0.1) is 17.6 Å². The van der Waals surface area contributed by atoms with Crippen LogP contribution in [0.5, 0.6) is 0 Å². The van der Waals surface area contributed by atoms with Crippen molar-refractivity contribution in [1.82, 2.24) is 4.98 Å². The summed E-state index contributed by atoms with van der Waals surface area (Å²) in [5, 5.41) is 3.43. The number of nitrogens with one attached hydrogen (secondary N) is 1. The van der Waals surface area contributed by atoms with E-state index in [1.165, 1.54) is 18.3 Å². The van der Waals surface area contributed by atoms with Gasteiger partial charge in [0.15, 0.2) is 0 Å². The number of halogens is 2. The molecule has 4 heteroatoms. The molecular formula is C17H14F2N2. The number of nitrogens with zero attached hydrogens (tertiary/aromatic N) is 1. The maximum Gasteiger partial charge on any atom is 0.141 e. The fourth-order valence-corrected chi connectivity index (χ4v) is 3.49. The molecule has 1 aliphatic carbocycles. The standard InChI is InChI=1S/C17H14F2N2/c18-11-4-5-16-15(7-11)13-2-1-3-14(13)17(21-16)10-6-12(19)9-20-8-10/h1-2,4-9,13-14,17,21H,3H2. The summed E-state index contributed by atoms with van der Waals surface area (Å²) in [5.74, 6) is -0.115. The van der Waals surface area contributed by atoms with Crippen molar-refractivity contribution in [3.05, 3.63) is 71.6 Å². The van der Waals surface area contributed by atoms with E-state index in [-0.39, 0.29) is 29.5 Å². The Morgan fingerprint density at radius 3 is 2.86 bits per heavy atom. The van der Waals surface area contributed by atoms with Crippen LogP contribution in [0.2, 0.25) is 0 Å². The Morgan fingerprint density at radius 1 is 1.10 bits per heavy atom. The van der Waals surface area contributed by atoms with Crippen molar-refractivity contribution >= 4 is 5.69 Å². The van der Waals surface area contributed by atoms with Crippen LogP contribution in [0.15, 0.2) is 48.8 Å². The maximum absolute atomic E-state index is 13.5. The molecule has 4 rings (SSSR count). The number of hydrogen-bond acceptors (Lipinski definition) is 2. The third-order valence-electron chi connectivity index (χ3n) is 4.41. The molecule has 2 aromatic rings. The van der Waals surface area contributed by atoms with Crippen LogP contribution in [0.3, 0.4) is 0 Å². The van der Waals surface area contributed by atoms with E-state index < -0.39 is 0 Å². The Morgan fingerprint density at radius 2 is 2.00 bits per heavy atom. The van der Waals surface area contributed by atoms with Crippen LogP contribution >= 0.6 is 0 Å². The first-order chi connectivity index (χ1) is 10.2. The zero-order valence-electron chi connectivity index (χ0n) is 11.3. The third-order valence-corrected chi connectivity index (χ3v) is 4.41. The molecule has 21 heavy (non-hydrogen) atoms. The highest BCUT2D eigenvalue weighted by molar-refractivity contribution is 5.59. The van der Waals surface area contributed by atoms with Gasteiger partial charge < -0.3 is 5.32 Å². The van der Waals surface area contributed by atoms with Gasteiger partial charge in [0.2, 0.25) is 0 Å². The molecule has 1 N–H and O–H groups in total. The average Bonchev–Trinajstić information content (AvgIpc) is 2.96. The van der Waals surface area contributed by atoms with Crippen molar-refractivity contribution in [2.75, 3.05) is 5.32 Å². The zero-order chi connectivity index (χ0) is 14.4. The fourth-order valence-electron chi connectivity index (χ4n) is 3.49. The van der Waals surface area contributed by atoms with Crippen molar-refractivity contribution in [3.8, 4) is 0 Å². The zero-order valence-corrected chi connectivity index (χ0v) is 11.3. The summed E-state index contributed by atoms with van der Waals surface area (Å²) in [6.07, 6.45) is 8.06. The molecule has 3 unspecified atom stereocenters. The van der Waals surface area contributed by atoms with Crippen LogP contribution in [-0.2, 0) is 0 Å². The van der Waals surface area contributed by atoms with Crippen LogP contribution in [0.4, 0.5) is 14.5 Å². The van der Waals surface area contributed by atoms with Crippen LogP contribution in [0.1, 0.15) is 29.5 Å². The molecule has 0 amide bonds. The number of fused-ring (bicyclic) bond motifs is 3. The molecule has 106 valence electrons. The Labute approximate surface area is 121 Å². The topological polar surface area (TPSA) is 24.9 Å². The molecule has 1 aliphatic heterocycles. The van der Waals surface area contributed by atoms with Gasteiger partial charge in [-0.25, -0.2) is 8.78 Å². The Balaban J connectivity index is 1.80. The van der Waals surface area contributed by atoms with Crippen molar-refractivity contribution in [2.24, 2.45) is 5.92 Å². The number of rotatable bonds is 1. The van der Waals surface area contributed by atoms with Crippen LogP contribution in [-0.4, -0.2) is 4.98 Å². The second kappa shape index (κ2) is 4.65. The van der Waals surface area contributed by atoms with Gasteiger partial charge in [0.05, 0.1) is 12.2 Å². The fraction of sp³-hybridized carbons (Fsp3) is 0.235. The van der Waals surface area contributed by atoms with E-state index in [0.717, 1.165) is 23.2 Å². The summed E-state index contributed by atoms with van der Waals surface area (Å²) in [7, 11) is 0. The minimum Gasteiger partial charge on any atom is -0.378 e. The second-order valence-corrected chi connectivity index (χ2v) is 5.64. The quantitative estimate of drug-likeness (QED) is 0.794. The first kappa shape index (κ1) is 12.5. The van der Waals surface area contributed by atoms with Gasteiger partial charge in [-0.3, -0.25) is 4.98 Å². The molecule has 0 radical (unpaired) electrons. The molecule has 2 nitrogen and oxygen atoms in total. The smallest absolute Gasteiger partial charge is 0.141 e. The van der Waals surface area contributed by atoms with Gasteiger partial charge >= 0.3 is 0 Å². The largest absolute Gasteiger partial charge is 0.378 e. The highest BCUT2D eigenvalue weighted by atomic mass is 19.1. The van der Waals surface area contributed by atoms with Gasteiger partial charge in [-0.2, -0.15) is 0 Å². The Bertz CT molecular complexity index is 726. The molecule has 1 aromatic heterocycles. The summed E-state index contributed by atoms with van der Waals surface area (Å²) in [4.78, 5) is 3.95. The predicted molar refractivity (Wildman–Crippen MR) is 76.9 cm³/mol. The summed E-state index contributed by atoms with van der Waals surface area (Å²) < 4.78 is 27.0. The highest BCUT2D eigenvalue weighted by Crippen LogP contribution is 2.49. The molecule has 0 saturated heterocycles. The molecule has 2 heterocycles. The van der Waals surface area contributed by atoms with E-state index in [0.29, 0.717) is 0 Å². The molecule has 0 saturated carbocycles. The van der Waals surface area contributed by atoms with Gasteiger partial charge in [0.1, 0.15) is 11.6 Å². The van der Waals surface area contributed by atoms with Crippen molar-refractivity contribution < 1.29 is 8.78 Å². The lowest BCUT2D eigenvalue weighted by molar-refractivity contribution is 0.421. The summed E-state index contributed by atoms with van der Waals surface area (Å²) in [6.45, 7) is 0. The van der Waals surface area contributed by atoms with E-state index in [1.54, 1.807) is 18.3 Å². The highest BCUT2D eigenvalue weighted by Gasteiger charge is 2.38. The molecule has 1 aromatic carbocycles. The average molecular weight is 284 g/mol. The van der Waals surface area contributed by atoms with Gasteiger partial charge in [-0.05, 0) is 47.7 Å². The minimum absolute atomic E-state index is 0.00818. The van der Waals surface area contributed by atoms with Gasteiger partial charge in [-0.1, -0.05) is 12.2 Å². The Hall–Kier alpha value is -2.23. The second-order valence-electron chi connectivity index (χ2n) is 5.64. The summed E-state index contributed by atoms with van der Waals surface area (Å²) in [6, 6.07) is 6.31. The summed E-state index contributed by atoms with van der Waals surface area (Å²) >= 11 is 0. The predicted octanol–water partition coefficient (Wildman–Crippen LogP) is 4.19. The maximum atomic E-state index is 13.5. The van der Waals surface area contributed by atoms with E-state index in [9.17, 15) is 8.78 Å². The lowest BCUT2D eigenvalue weighted by Gasteiger charge is -2.37. The van der Waals surface area contributed by atoms with Crippen molar-refractivity contribution in [3.63, 3.8) is 0 Å². The first-order valence-corrected chi connectivity index (χ1v) is 7.05. The third kappa shape index (κ3) is 2.02. The lowest BCUT2D eigenvalue weighted by Crippen LogP contribution is -2.29. The minimum atomic E-state index is -0.332.